The van der Waals surface area contributed by atoms with Gasteiger partial charge >= 0.3 is 0 Å². The Morgan fingerprint density at radius 3 is 2.35 bits per heavy atom. The van der Waals surface area contributed by atoms with Gasteiger partial charge < -0.3 is 10.6 Å². The Hall–Kier alpha value is -3.42. The van der Waals surface area contributed by atoms with Crippen LogP contribution in [0, 0.1) is 25.5 Å². The van der Waals surface area contributed by atoms with Gasteiger partial charge in [0.15, 0.2) is 5.82 Å². The monoisotopic (exact) mass is 491 g/mol. The highest BCUT2D eigenvalue weighted by atomic mass is 35.5. The van der Waals surface area contributed by atoms with Crippen LogP contribution in [0.4, 0.5) is 11.4 Å². The fourth-order valence-corrected chi connectivity index (χ4v) is 4.30. The van der Waals surface area contributed by atoms with Gasteiger partial charge in [-0.15, -0.1) is 0 Å². The van der Waals surface area contributed by atoms with E-state index in [1.807, 2.05) is 92.1 Å². The van der Waals surface area contributed by atoms with E-state index in [1.165, 1.54) is 0 Å². The first-order chi connectivity index (χ1) is 16.3. The van der Waals surface area contributed by atoms with Gasteiger partial charge in [-0.05, 0) is 73.9 Å². The number of aryl methyl sites for hydroxylation is 2. The van der Waals surface area contributed by atoms with Gasteiger partial charge in [0.2, 0.25) is 10.7 Å². The smallest absolute Gasteiger partial charge is 0.246 e. The lowest BCUT2D eigenvalue weighted by Crippen LogP contribution is -2.21. The highest BCUT2D eigenvalue weighted by Crippen LogP contribution is 2.24. The molecule has 1 heterocycles. The van der Waals surface area contributed by atoms with Gasteiger partial charge in [-0.1, -0.05) is 54.1 Å². The number of nitrogens with one attached hydrogen (secondary N) is 2. The molecule has 2 N–H and O–H groups in total. The Bertz CT molecular complexity index is 1370. The maximum absolute atomic E-state index is 12.9. The van der Waals surface area contributed by atoms with Crippen LogP contribution < -0.4 is 10.6 Å². The molecule has 0 aliphatic carbocycles. The molecule has 4 rings (SSSR count). The molecular weight excluding hydrogens is 466 g/mol. The molecule has 0 spiro atoms. The average Bonchev–Trinajstić information content (AvgIpc) is 3.12. The number of amides is 1. The second kappa shape index (κ2) is 10.2. The highest BCUT2D eigenvalue weighted by Gasteiger charge is 2.16. The molecule has 8 heteroatoms. The number of hydrogen-bond donors (Lipinski definition) is 2. The van der Waals surface area contributed by atoms with Crippen LogP contribution in [0.1, 0.15) is 22.5 Å². The van der Waals surface area contributed by atoms with Crippen LogP contribution in [0.2, 0.25) is 5.02 Å². The molecule has 0 saturated heterocycles. The lowest BCUT2D eigenvalue weighted by atomic mass is 10.1. The second-order valence-corrected chi connectivity index (χ2v) is 8.88. The Kier molecular flexibility index (Phi) is 7.14. The van der Waals surface area contributed by atoms with Crippen LogP contribution in [-0.4, -0.2) is 20.3 Å². The molecule has 0 atom stereocenters. The van der Waals surface area contributed by atoms with Gasteiger partial charge in [-0.3, -0.25) is 9.36 Å². The molecule has 4 aromatic rings. The number of para-hydroxylation sites is 2. The summed E-state index contributed by atoms with van der Waals surface area (Å²) in [5.41, 5.74) is 5.59. The molecule has 1 amide bonds. The first-order valence-electron chi connectivity index (χ1n) is 10.9. The summed E-state index contributed by atoms with van der Waals surface area (Å²) in [5.74, 6) is 0.506. The van der Waals surface area contributed by atoms with Crippen molar-refractivity contribution in [1.29, 1.82) is 0 Å². The maximum atomic E-state index is 12.9. The van der Waals surface area contributed by atoms with Crippen molar-refractivity contribution in [3.05, 3.63) is 99.0 Å². The normalized spacial score (nSPS) is 10.8. The van der Waals surface area contributed by atoms with E-state index in [-0.39, 0.29) is 12.5 Å². The van der Waals surface area contributed by atoms with E-state index in [1.54, 1.807) is 4.68 Å². The Morgan fingerprint density at radius 2 is 1.65 bits per heavy atom. The van der Waals surface area contributed by atoms with Crippen molar-refractivity contribution >= 4 is 41.1 Å². The number of benzene rings is 3. The minimum atomic E-state index is -0.184. The van der Waals surface area contributed by atoms with Crippen LogP contribution >= 0.6 is 23.8 Å². The summed E-state index contributed by atoms with van der Waals surface area (Å²) in [6.45, 7) is 6.33. The van der Waals surface area contributed by atoms with E-state index < -0.39 is 0 Å². The molecule has 0 unspecified atom stereocenters. The summed E-state index contributed by atoms with van der Waals surface area (Å²) in [7, 11) is 0. The minimum absolute atomic E-state index is 0.00956. The fourth-order valence-electron chi connectivity index (χ4n) is 3.81. The van der Waals surface area contributed by atoms with Crippen LogP contribution in [0.3, 0.4) is 0 Å². The van der Waals surface area contributed by atoms with Crippen molar-refractivity contribution in [1.82, 2.24) is 14.3 Å². The van der Waals surface area contributed by atoms with Gasteiger partial charge in [-0.2, -0.15) is 5.10 Å². The van der Waals surface area contributed by atoms with Crippen molar-refractivity contribution in [2.24, 2.45) is 0 Å². The van der Waals surface area contributed by atoms with Crippen molar-refractivity contribution in [3.63, 3.8) is 0 Å². The number of rotatable bonds is 7. The standard InChI is InChI=1S/C26H26ClN5OS/c1-17-9-7-10-18(2)25(17)29-24(33)16-31-26(34)32(20-11-5-4-6-12-20)23(30-31)15-28-22-14-8-13-21(27)19(22)3/h4-14,28H,15-16H2,1-3H3,(H,29,33). The van der Waals surface area contributed by atoms with Gasteiger partial charge in [0.25, 0.3) is 0 Å². The number of carbonyl (C=O) groups excluding carboxylic acids is 1. The topological polar surface area (TPSA) is 63.9 Å². The number of hydrogen-bond acceptors (Lipinski definition) is 4. The summed E-state index contributed by atoms with van der Waals surface area (Å²) in [6.07, 6.45) is 0. The quantitative estimate of drug-likeness (QED) is 0.301. The summed E-state index contributed by atoms with van der Waals surface area (Å²) < 4.78 is 3.89. The first-order valence-corrected chi connectivity index (χ1v) is 11.7. The summed E-state index contributed by atoms with van der Waals surface area (Å²) in [5, 5.41) is 11.8. The minimum Gasteiger partial charge on any atom is -0.377 e. The van der Waals surface area contributed by atoms with Gasteiger partial charge in [0.05, 0.1) is 6.54 Å². The average molecular weight is 492 g/mol. The Balaban J connectivity index is 1.63. The summed E-state index contributed by atoms with van der Waals surface area (Å²) in [6, 6.07) is 21.4. The zero-order chi connectivity index (χ0) is 24.2. The predicted octanol–water partition coefficient (Wildman–Crippen LogP) is 6.23. The van der Waals surface area contributed by atoms with Gasteiger partial charge in [0, 0.05) is 22.1 Å². The Morgan fingerprint density at radius 1 is 0.971 bits per heavy atom. The fraction of sp³-hybridized carbons (Fsp3) is 0.192. The van der Waals surface area contributed by atoms with Crippen LogP contribution in [0.25, 0.3) is 5.69 Å². The third-order valence-corrected chi connectivity index (χ3v) is 6.47. The molecular formula is C26H26ClN5OS. The van der Waals surface area contributed by atoms with Crippen LogP contribution in [0.5, 0.6) is 0 Å². The molecule has 0 aliphatic heterocycles. The third-order valence-electron chi connectivity index (χ3n) is 5.66. The van der Waals surface area contributed by atoms with Crippen LogP contribution in [-0.2, 0) is 17.9 Å². The van der Waals surface area contributed by atoms with E-state index >= 15 is 0 Å². The zero-order valence-electron chi connectivity index (χ0n) is 19.3. The predicted molar refractivity (Wildman–Crippen MR) is 140 cm³/mol. The second-order valence-electron chi connectivity index (χ2n) is 8.11. The molecule has 0 radical (unpaired) electrons. The van der Waals surface area contributed by atoms with Gasteiger partial charge in [-0.25, -0.2) is 4.68 Å². The van der Waals surface area contributed by atoms with Crippen molar-refractivity contribution in [2.45, 2.75) is 33.9 Å². The Labute approximate surface area is 209 Å². The van der Waals surface area contributed by atoms with Crippen molar-refractivity contribution in [2.75, 3.05) is 10.6 Å². The lowest BCUT2D eigenvalue weighted by molar-refractivity contribution is -0.116. The molecule has 1 aromatic heterocycles. The molecule has 6 nitrogen and oxygen atoms in total. The zero-order valence-corrected chi connectivity index (χ0v) is 20.9. The molecule has 174 valence electrons. The highest BCUT2D eigenvalue weighted by molar-refractivity contribution is 7.71. The largest absolute Gasteiger partial charge is 0.377 e. The molecule has 0 saturated carbocycles. The number of aromatic nitrogens is 3. The third kappa shape index (κ3) is 5.05. The van der Waals surface area contributed by atoms with Gasteiger partial charge in [0.1, 0.15) is 6.54 Å². The van der Waals surface area contributed by atoms with E-state index in [0.29, 0.717) is 22.2 Å². The lowest BCUT2D eigenvalue weighted by Gasteiger charge is -2.11. The van der Waals surface area contributed by atoms with E-state index in [0.717, 1.165) is 33.8 Å². The van der Waals surface area contributed by atoms with E-state index in [9.17, 15) is 4.79 Å². The van der Waals surface area contributed by atoms with E-state index in [4.69, 9.17) is 28.9 Å². The summed E-state index contributed by atoms with van der Waals surface area (Å²) >= 11 is 12.0. The van der Waals surface area contributed by atoms with E-state index in [2.05, 4.69) is 10.6 Å². The molecule has 0 aliphatic rings. The first kappa shape index (κ1) is 23.7. The molecule has 0 fully saturated rings. The van der Waals surface area contributed by atoms with Crippen molar-refractivity contribution in [3.8, 4) is 5.69 Å². The summed E-state index contributed by atoms with van der Waals surface area (Å²) in [4.78, 5) is 12.9. The van der Waals surface area contributed by atoms with Crippen LogP contribution in [0.15, 0.2) is 66.7 Å². The number of halogens is 1. The molecule has 0 bridgehead atoms. The molecule has 3 aromatic carbocycles. The number of carbonyl (C=O) groups is 1. The number of nitrogens with zero attached hydrogens (tertiary/aromatic N) is 3. The molecule has 34 heavy (non-hydrogen) atoms. The maximum Gasteiger partial charge on any atom is 0.246 e. The van der Waals surface area contributed by atoms with Crippen molar-refractivity contribution < 1.29 is 4.79 Å². The number of anilines is 2. The SMILES string of the molecule is Cc1cccc(C)c1NC(=O)Cn1nc(CNc2cccc(Cl)c2C)n(-c2ccccc2)c1=S.